The van der Waals surface area contributed by atoms with Crippen LogP contribution in [0.15, 0.2) is 24.0 Å². The topological polar surface area (TPSA) is 52.6 Å². The molecule has 0 bridgehead atoms. The molecule has 0 saturated heterocycles. The summed E-state index contributed by atoms with van der Waals surface area (Å²) in [7, 11) is 0. The maximum Gasteiger partial charge on any atom is 0.331 e. The molecule has 1 aliphatic carbocycles. The van der Waals surface area contributed by atoms with Crippen molar-refractivity contribution in [2.75, 3.05) is 0 Å². The first-order chi connectivity index (χ1) is 9.11. The first kappa shape index (κ1) is 12.5. The molecule has 0 amide bonds. The van der Waals surface area contributed by atoms with Crippen LogP contribution in [0, 0.1) is 17.8 Å². The fraction of sp³-hybridized carbons (Fsp3) is 0.600. The zero-order chi connectivity index (χ0) is 13.6. The predicted octanol–water partition coefficient (Wildman–Crippen LogP) is 2.00. The van der Waals surface area contributed by atoms with E-state index in [0.29, 0.717) is 0 Å². The van der Waals surface area contributed by atoms with Crippen molar-refractivity contribution in [3.05, 3.63) is 24.0 Å². The molecular formula is C15H18O4. The van der Waals surface area contributed by atoms with Crippen molar-refractivity contribution in [2.45, 2.75) is 38.9 Å². The van der Waals surface area contributed by atoms with Crippen LogP contribution in [-0.4, -0.2) is 24.0 Å². The van der Waals surface area contributed by atoms with Gasteiger partial charge in [-0.3, -0.25) is 4.79 Å². The highest BCUT2D eigenvalue weighted by Gasteiger charge is 2.50. The second-order valence-corrected chi connectivity index (χ2v) is 5.59. The van der Waals surface area contributed by atoms with Gasteiger partial charge in [-0.15, -0.1) is 0 Å². The molecule has 1 saturated carbocycles. The molecule has 4 nitrogen and oxygen atoms in total. The summed E-state index contributed by atoms with van der Waals surface area (Å²) in [5, 5.41) is 0. The van der Waals surface area contributed by atoms with Crippen LogP contribution in [0.2, 0.25) is 0 Å². The molecule has 0 radical (unpaired) electrons. The Bertz CT molecular complexity index is 477. The Hall–Kier alpha value is -1.58. The lowest BCUT2D eigenvalue weighted by molar-refractivity contribution is -0.164. The fourth-order valence-corrected chi connectivity index (χ4v) is 3.62. The van der Waals surface area contributed by atoms with E-state index >= 15 is 0 Å². The highest BCUT2D eigenvalue weighted by molar-refractivity contribution is 5.93. The monoisotopic (exact) mass is 262 g/mol. The lowest BCUT2D eigenvalue weighted by Crippen LogP contribution is -2.53. The molecule has 2 heterocycles. The SMILES string of the molecule is CCC1=CC(=O)OC2C1CC1C(=O)C=COC1C2C. The average molecular weight is 262 g/mol. The van der Waals surface area contributed by atoms with E-state index in [1.165, 1.54) is 12.3 Å². The highest BCUT2D eigenvalue weighted by Crippen LogP contribution is 2.44. The van der Waals surface area contributed by atoms with Crippen molar-refractivity contribution in [1.82, 2.24) is 0 Å². The molecule has 0 aromatic heterocycles. The Labute approximate surface area is 112 Å². The van der Waals surface area contributed by atoms with E-state index < -0.39 is 0 Å². The molecule has 0 aromatic carbocycles. The van der Waals surface area contributed by atoms with E-state index in [4.69, 9.17) is 9.47 Å². The summed E-state index contributed by atoms with van der Waals surface area (Å²) in [6, 6.07) is 0. The number of hydrogen-bond donors (Lipinski definition) is 0. The number of fused-ring (bicyclic) bond motifs is 2. The number of hydrogen-bond acceptors (Lipinski definition) is 4. The number of carbonyl (C=O) groups excluding carboxylic acids is 2. The lowest BCUT2D eigenvalue weighted by atomic mass is 9.66. The summed E-state index contributed by atoms with van der Waals surface area (Å²) in [5.74, 6) is -0.0298. The van der Waals surface area contributed by atoms with Crippen molar-refractivity contribution in [2.24, 2.45) is 17.8 Å². The van der Waals surface area contributed by atoms with Crippen LogP contribution in [0.4, 0.5) is 0 Å². The summed E-state index contributed by atoms with van der Waals surface area (Å²) in [6.07, 6.45) is 5.80. The van der Waals surface area contributed by atoms with Gasteiger partial charge in [0.25, 0.3) is 0 Å². The van der Waals surface area contributed by atoms with Crippen molar-refractivity contribution in [3.8, 4) is 0 Å². The van der Waals surface area contributed by atoms with Gasteiger partial charge < -0.3 is 9.47 Å². The van der Waals surface area contributed by atoms with E-state index in [1.54, 1.807) is 6.08 Å². The second kappa shape index (κ2) is 4.51. The molecule has 0 spiro atoms. The predicted molar refractivity (Wildman–Crippen MR) is 68.0 cm³/mol. The summed E-state index contributed by atoms with van der Waals surface area (Å²) in [6.45, 7) is 4.05. The third kappa shape index (κ3) is 1.90. The highest BCUT2D eigenvalue weighted by atomic mass is 16.5. The molecule has 3 rings (SSSR count). The largest absolute Gasteiger partial charge is 0.497 e. The van der Waals surface area contributed by atoms with E-state index in [-0.39, 0.29) is 41.7 Å². The molecule has 2 aliphatic heterocycles. The Morgan fingerprint density at radius 1 is 1.26 bits per heavy atom. The first-order valence-corrected chi connectivity index (χ1v) is 6.88. The molecule has 102 valence electrons. The number of esters is 1. The number of ketones is 1. The maximum absolute atomic E-state index is 12.0. The molecule has 0 aromatic rings. The first-order valence-electron chi connectivity index (χ1n) is 6.88. The number of carbonyl (C=O) groups is 2. The Morgan fingerprint density at radius 2 is 2.05 bits per heavy atom. The summed E-state index contributed by atoms with van der Waals surface area (Å²) < 4.78 is 11.1. The van der Waals surface area contributed by atoms with Crippen LogP contribution in [0.1, 0.15) is 26.7 Å². The van der Waals surface area contributed by atoms with Crippen LogP contribution in [0.25, 0.3) is 0 Å². The van der Waals surface area contributed by atoms with Gasteiger partial charge in [-0.25, -0.2) is 4.79 Å². The smallest absolute Gasteiger partial charge is 0.331 e. The maximum atomic E-state index is 12.0. The van der Waals surface area contributed by atoms with Crippen molar-refractivity contribution in [1.29, 1.82) is 0 Å². The van der Waals surface area contributed by atoms with Crippen LogP contribution in [0.3, 0.4) is 0 Å². The Balaban J connectivity index is 1.95. The Morgan fingerprint density at radius 3 is 2.79 bits per heavy atom. The number of allylic oxidation sites excluding steroid dienone is 1. The number of ether oxygens (including phenoxy) is 2. The van der Waals surface area contributed by atoms with E-state index in [9.17, 15) is 9.59 Å². The Kier molecular flexibility index (Phi) is 2.96. The summed E-state index contributed by atoms with van der Waals surface area (Å²) in [4.78, 5) is 23.7. The molecule has 3 aliphatic rings. The zero-order valence-corrected chi connectivity index (χ0v) is 11.2. The third-order valence-corrected chi connectivity index (χ3v) is 4.61. The van der Waals surface area contributed by atoms with Gasteiger partial charge in [-0.2, -0.15) is 0 Å². The third-order valence-electron chi connectivity index (χ3n) is 4.61. The van der Waals surface area contributed by atoms with Gasteiger partial charge in [0.05, 0.1) is 12.2 Å². The fourth-order valence-electron chi connectivity index (χ4n) is 3.62. The quantitative estimate of drug-likeness (QED) is 0.678. The molecule has 19 heavy (non-hydrogen) atoms. The van der Waals surface area contributed by atoms with Gasteiger partial charge >= 0.3 is 5.97 Å². The minimum absolute atomic E-state index is 0.0387. The summed E-state index contributed by atoms with van der Waals surface area (Å²) >= 11 is 0. The van der Waals surface area contributed by atoms with Crippen LogP contribution >= 0.6 is 0 Å². The van der Waals surface area contributed by atoms with Gasteiger partial charge in [-0.05, 0) is 12.8 Å². The van der Waals surface area contributed by atoms with Crippen molar-refractivity contribution < 1.29 is 19.1 Å². The van der Waals surface area contributed by atoms with Gasteiger partial charge in [0, 0.05) is 24.0 Å². The zero-order valence-electron chi connectivity index (χ0n) is 11.2. The van der Waals surface area contributed by atoms with Crippen molar-refractivity contribution >= 4 is 11.8 Å². The molecule has 5 unspecified atom stereocenters. The van der Waals surface area contributed by atoms with Gasteiger partial charge in [0.15, 0.2) is 5.78 Å². The number of rotatable bonds is 1. The van der Waals surface area contributed by atoms with Crippen LogP contribution in [0.5, 0.6) is 0 Å². The van der Waals surface area contributed by atoms with E-state index in [1.807, 2.05) is 13.8 Å². The average Bonchev–Trinajstić information content (AvgIpc) is 2.40. The lowest BCUT2D eigenvalue weighted by Gasteiger charge is -2.47. The standard InChI is InChI=1S/C15H18O4/c1-3-9-6-13(17)19-15-8(2)14-11(7-10(9)15)12(16)4-5-18-14/h4-6,8,10-11,14-15H,3,7H2,1-2H3. The van der Waals surface area contributed by atoms with E-state index in [0.717, 1.165) is 18.4 Å². The molecule has 0 N–H and O–H groups in total. The molecular weight excluding hydrogens is 244 g/mol. The normalized spacial score (nSPS) is 40.7. The second-order valence-electron chi connectivity index (χ2n) is 5.59. The van der Waals surface area contributed by atoms with Gasteiger partial charge in [0.2, 0.25) is 0 Å². The molecule has 1 fully saturated rings. The van der Waals surface area contributed by atoms with Gasteiger partial charge in [0.1, 0.15) is 12.2 Å². The van der Waals surface area contributed by atoms with Crippen LogP contribution < -0.4 is 0 Å². The van der Waals surface area contributed by atoms with Gasteiger partial charge in [-0.1, -0.05) is 19.4 Å². The molecule has 4 heteroatoms. The van der Waals surface area contributed by atoms with Crippen LogP contribution in [-0.2, 0) is 19.1 Å². The van der Waals surface area contributed by atoms with E-state index in [2.05, 4.69) is 0 Å². The molecule has 5 atom stereocenters. The minimum atomic E-state index is -0.263. The minimum Gasteiger partial charge on any atom is -0.497 e. The summed E-state index contributed by atoms with van der Waals surface area (Å²) in [5.41, 5.74) is 1.11. The van der Waals surface area contributed by atoms with Crippen molar-refractivity contribution in [3.63, 3.8) is 0 Å².